The van der Waals surface area contributed by atoms with Gasteiger partial charge in [-0.1, -0.05) is 23.8 Å². The smallest absolute Gasteiger partial charge is 0.197 e. The summed E-state index contributed by atoms with van der Waals surface area (Å²) in [5, 5.41) is 9.79. The fourth-order valence-corrected chi connectivity index (χ4v) is 2.59. The first-order chi connectivity index (χ1) is 9.45. The second-order valence-corrected chi connectivity index (χ2v) is 4.96. The van der Waals surface area contributed by atoms with Gasteiger partial charge in [0.25, 0.3) is 0 Å². The van der Waals surface area contributed by atoms with Crippen molar-refractivity contribution in [2.24, 2.45) is 0 Å². The Morgan fingerprint density at radius 1 is 1.10 bits per heavy atom. The summed E-state index contributed by atoms with van der Waals surface area (Å²) >= 11 is 0. The van der Waals surface area contributed by atoms with Crippen molar-refractivity contribution in [3.63, 3.8) is 0 Å². The molecule has 0 atom stereocenters. The van der Waals surface area contributed by atoms with Crippen LogP contribution in [0.15, 0.2) is 30.3 Å². The quantitative estimate of drug-likeness (QED) is 0.867. The summed E-state index contributed by atoms with van der Waals surface area (Å²) in [5.41, 5.74) is 4.03. The van der Waals surface area contributed by atoms with Crippen LogP contribution in [0.1, 0.15) is 32.6 Å². The number of carbonyl (C=O) groups is 1. The van der Waals surface area contributed by atoms with Crippen molar-refractivity contribution in [1.82, 2.24) is 0 Å². The van der Waals surface area contributed by atoms with E-state index in [2.05, 4.69) is 0 Å². The number of hydrogen-bond donors (Lipinski definition) is 1. The van der Waals surface area contributed by atoms with Crippen molar-refractivity contribution >= 4 is 5.78 Å². The highest BCUT2D eigenvalue weighted by atomic mass is 16.5. The normalized spacial score (nSPS) is 10.4. The Balaban J connectivity index is 2.61. The summed E-state index contributed by atoms with van der Waals surface area (Å²) in [6.45, 7) is 5.84. The number of phenolic OH excluding ortho intramolecular Hbond substituents is 1. The maximum absolute atomic E-state index is 12.7. The number of benzene rings is 2. The summed E-state index contributed by atoms with van der Waals surface area (Å²) in [7, 11) is 1.45. The van der Waals surface area contributed by atoms with Crippen molar-refractivity contribution in [2.45, 2.75) is 20.8 Å². The number of para-hydroxylation sites is 1. The predicted molar refractivity (Wildman–Crippen MR) is 78.7 cm³/mol. The molecule has 0 aliphatic heterocycles. The Labute approximate surface area is 118 Å². The SMILES string of the molecule is COc1c(O)cccc1C(=O)c1c(C)cc(C)cc1C. The molecule has 0 heterocycles. The van der Waals surface area contributed by atoms with E-state index >= 15 is 0 Å². The molecular weight excluding hydrogens is 252 g/mol. The molecule has 0 amide bonds. The average molecular weight is 270 g/mol. The molecule has 0 bridgehead atoms. The maximum Gasteiger partial charge on any atom is 0.197 e. The molecular formula is C17H18O3. The summed E-state index contributed by atoms with van der Waals surface area (Å²) in [6, 6.07) is 8.78. The fraction of sp³-hybridized carbons (Fsp3) is 0.235. The lowest BCUT2D eigenvalue weighted by atomic mass is 9.92. The van der Waals surface area contributed by atoms with E-state index in [1.165, 1.54) is 13.2 Å². The third-order valence-electron chi connectivity index (χ3n) is 3.35. The van der Waals surface area contributed by atoms with Crippen molar-refractivity contribution in [3.8, 4) is 11.5 Å². The largest absolute Gasteiger partial charge is 0.504 e. The highest BCUT2D eigenvalue weighted by Crippen LogP contribution is 2.32. The van der Waals surface area contributed by atoms with Gasteiger partial charge in [0.15, 0.2) is 17.3 Å². The summed E-state index contributed by atoms with van der Waals surface area (Å²) in [5.74, 6) is 0.0605. The second-order valence-electron chi connectivity index (χ2n) is 4.96. The number of hydrogen-bond acceptors (Lipinski definition) is 3. The van der Waals surface area contributed by atoms with Gasteiger partial charge in [0.2, 0.25) is 0 Å². The highest BCUT2D eigenvalue weighted by molar-refractivity contribution is 6.12. The van der Waals surface area contributed by atoms with Gasteiger partial charge < -0.3 is 9.84 Å². The molecule has 2 rings (SSSR count). The number of aryl methyl sites for hydroxylation is 3. The number of rotatable bonds is 3. The third-order valence-corrected chi connectivity index (χ3v) is 3.35. The monoisotopic (exact) mass is 270 g/mol. The first-order valence-electron chi connectivity index (χ1n) is 6.44. The van der Waals surface area contributed by atoms with Gasteiger partial charge in [0.05, 0.1) is 12.7 Å². The average Bonchev–Trinajstić information content (AvgIpc) is 2.37. The van der Waals surface area contributed by atoms with E-state index in [4.69, 9.17) is 4.74 Å². The first kappa shape index (κ1) is 14.1. The Bertz CT molecular complexity index is 649. The lowest BCUT2D eigenvalue weighted by Crippen LogP contribution is -2.08. The Morgan fingerprint density at radius 2 is 1.70 bits per heavy atom. The number of aromatic hydroxyl groups is 1. The molecule has 0 unspecified atom stereocenters. The van der Waals surface area contributed by atoms with Crippen LogP contribution in [-0.4, -0.2) is 18.0 Å². The Kier molecular flexibility index (Phi) is 3.79. The summed E-state index contributed by atoms with van der Waals surface area (Å²) < 4.78 is 5.15. The number of ether oxygens (including phenoxy) is 1. The van der Waals surface area contributed by atoms with Crippen LogP contribution in [0, 0.1) is 20.8 Å². The minimum atomic E-state index is -0.132. The van der Waals surface area contributed by atoms with Gasteiger partial charge in [-0.15, -0.1) is 0 Å². The minimum absolute atomic E-state index is 0.0271. The molecule has 104 valence electrons. The van der Waals surface area contributed by atoms with Gasteiger partial charge in [-0.25, -0.2) is 0 Å². The zero-order valence-corrected chi connectivity index (χ0v) is 12.2. The molecule has 0 aliphatic carbocycles. The lowest BCUT2D eigenvalue weighted by Gasteiger charge is -2.13. The van der Waals surface area contributed by atoms with E-state index < -0.39 is 0 Å². The fourth-order valence-electron chi connectivity index (χ4n) is 2.59. The third kappa shape index (κ3) is 2.39. The number of methoxy groups -OCH3 is 1. The molecule has 0 fully saturated rings. The second kappa shape index (κ2) is 5.37. The molecule has 1 N–H and O–H groups in total. The number of ketones is 1. The molecule has 0 spiro atoms. The van der Waals surface area contributed by atoms with E-state index in [9.17, 15) is 9.90 Å². The topological polar surface area (TPSA) is 46.5 Å². The van der Waals surface area contributed by atoms with Gasteiger partial charge in [0.1, 0.15) is 0 Å². The Morgan fingerprint density at radius 3 is 2.25 bits per heavy atom. The molecule has 0 aliphatic rings. The van der Waals surface area contributed by atoms with Gasteiger partial charge in [-0.2, -0.15) is 0 Å². The molecule has 2 aromatic rings. The van der Waals surface area contributed by atoms with Crippen LogP contribution in [0.3, 0.4) is 0 Å². The van der Waals surface area contributed by atoms with Gasteiger partial charge in [0, 0.05) is 5.56 Å². The van der Waals surface area contributed by atoms with E-state index in [1.54, 1.807) is 12.1 Å². The van der Waals surface area contributed by atoms with Crippen LogP contribution < -0.4 is 4.74 Å². The van der Waals surface area contributed by atoms with Gasteiger partial charge in [-0.3, -0.25) is 4.79 Å². The lowest BCUT2D eigenvalue weighted by molar-refractivity contribution is 0.103. The number of phenols is 1. The molecule has 0 saturated carbocycles. The zero-order chi connectivity index (χ0) is 14.9. The predicted octanol–water partition coefficient (Wildman–Crippen LogP) is 3.56. The highest BCUT2D eigenvalue weighted by Gasteiger charge is 2.20. The van der Waals surface area contributed by atoms with E-state index in [0.29, 0.717) is 11.1 Å². The van der Waals surface area contributed by atoms with Crippen molar-refractivity contribution in [1.29, 1.82) is 0 Å². The molecule has 0 saturated heterocycles. The first-order valence-corrected chi connectivity index (χ1v) is 6.44. The van der Waals surface area contributed by atoms with E-state index in [-0.39, 0.29) is 17.3 Å². The standard InChI is InChI=1S/C17H18O3/c1-10-8-11(2)15(12(3)9-10)16(19)13-6-5-7-14(18)17(13)20-4/h5-9,18H,1-4H3. The van der Waals surface area contributed by atoms with Gasteiger partial charge in [-0.05, 0) is 44.0 Å². The van der Waals surface area contributed by atoms with Crippen LogP contribution >= 0.6 is 0 Å². The molecule has 3 heteroatoms. The molecule has 3 nitrogen and oxygen atoms in total. The number of carbonyl (C=O) groups excluding carboxylic acids is 1. The molecule has 0 aromatic heterocycles. The van der Waals surface area contributed by atoms with E-state index in [0.717, 1.165) is 16.7 Å². The molecule has 20 heavy (non-hydrogen) atoms. The van der Waals surface area contributed by atoms with Crippen molar-refractivity contribution < 1.29 is 14.6 Å². The van der Waals surface area contributed by atoms with Crippen molar-refractivity contribution in [2.75, 3.05) is 7.11 Å². The minimum Gasteiger partial charge on any atom is -0.504 e. The zero-order valence-electron chi connectivity index (χ0n) is 12.2. The Hall–Kier alpha value is -2.29. The molecule has 0 radical (unpaired) electrons. The summed E-state index contributed by atoms with van der Waals surface area (Å²) in [4.78, 5) is 12.7. The molecule has 2 aromatic carbocycles. The van der Waals surface area contributed by atoms with Crippen molar-refractivity contribution in [3.05, 3.63) is 58.1 Å². The van der Waals surface area contributed by atoms with Crippen LogP contribution in [-0.2, 0) is 0 Å². The van der Waals surface area contributed by atoms with Crippen LogP contribution in [0.4, 0.5) is 0 Å². The summed E-state index contributed by atoms with van der Waals surface area (Å²) in [6.07, 6.45) is 0. The van der Waals surface area contributed by atoms with Gasteiger partial charge >= 0.3 is 0 Å². The van der Waals surface area contributed by atoms with Crippen LogP contribution in [0.2, 0.25) is 0 Å². The van der Waals surface area contributed by atoms with E-state index in [1.807, 2.05) is 32.9 Å². The van der Waals surface area contributed by atoms with Crippen LogP contribution in [0.25, 0.3) is 0 Å². The maximum atomic E-state index is 12.7. The van der Waals surface area contributed by atoms with Crippen LogP contribution in [0.5, 0.6) is 11.5 Å².